The van der Waals surface area contributed by atoms with E-state index in [2.05, 4.69) is 41.5 Å². The minimum absolute atomic E-state index is 0.126. The third-order valence-electron chi connectivity index (χ3n) is 5.80. The van der Waals surface area contributed by atoms with Crippen molar-refractivity contribution in [1.82, 2.24) is 25.1 Å². The standard InChI is InChI=1S/C25H32N6O/c1-25(2,3)21-15-20(31(5)30-21)24(32)28-19(16-9-7-6-8-10-16)13-18-14-22(26-4)29-23(27-18)17-11-12-17/h6-10,14-15,17,19H,11-13H2,1-5H3,(H,28,32)(H,26,27,29)/t19-/m0/s1. The van der Waals surface area contributed by atoms with Crippen LogP contribution in [0.15, 0.2) is 42.5 Å². The quantitative estimate of drug-likeness (QED) is 0.586. The number of nitrogens with zero attached hydrogens (tertiary/aromatic N) is 4. The highest BCUT2D eigenvalue weighted by Gasteiger charge is 2.28. The molecule has 0 spiro atoms. The molecule has 168 valence electrons. The molecule has 4 rings (SSSR count). The molecule has 1 fully saturated rings. The van der Waals surface area contributed by atoms with Gasteiger partial charge in [-0.15, -0.1) is 0 Å². The summed E-state index contributed by atoms with van der Waals surface area (Å²) in [7, 11) is 3.68. The van der Waals surface area contributed by atoms with E-state index in [9.17, 15) is 4.79 Å². The van der Waals surface area contributed by atoms with Crippen LogP contribution in [0.2, 0.25) is 0 Å². The van der Waals surface area contributed by atoms with Gasteiger partial charge in [-0.1, -0.05) is 51.1 Å². The number of hydrogen-bond donors (Lipinski definition) is 2. The summed E-state index contributed by atoms with van der Waals surface area (Å²) in [5.41, 5.74) is 3.27. The monoisotopic (exact) mass is 432 g/mol. The molecular formula is C25H32N6O. The van der Waals surface area contributed by atoms with Crippen molar-refractivity contribution in [1.29, 1.82) is 0 Å². The summed E-state index contributed by atoms with van der Waals surface area (Å²) >= 11 is 0. The Morgan fingerprint density at radius 3 is 2.47 bits per heavy atom. The Bertz CT molecular complexity index is 1100. The van der Waals surface area contributed by atoms with Crippen molar-refractivity contribution in [2.45, 2.75) is 57.4 Å². The molecule has 1 saturated carbocycles. The molecule has 0 saturated heterocycles. The van der Waals surface area contributed by atoms with Crippen molar-refractivity contribution in [3.05, 3.63) is 70.9 Å². The number of carbonyl (C=O) groups is 1. The molecular weight excluding hydrogens is 400 g/mol. The molecule has 2 N–H and O–H groups in total. The second-order valence-electron chi connectivity index (χ2n) is 9.56. The average molecular weight is 433 g/mol. The van der Waals surface area contributed by atoms with Gasteiger partial charge in [0.05, 0.1) is 11.7 Å². The fourth-order valence-electron chi connectivity index (χ4n) is 3.70. The van der Waals surface area contributed by atoms with Crippen molar-refractivity contribution in [3.63, 3.8) is 0 Å². The van der Waals surface area contributed by atoms with Gasteiger partial charge in [0.15, 0.2) is 0 Å². The van der Waals surface area contributed by atoms with E-state index in [0.717, 1.165) is 41.4 Å². The fourth-order valence-corrected chi connectivity index (χ4v) is 3.70. The normalized spacial score (nSPS) is 14.8. The van der Waals surface area contributed by atoms with Gasteiger partial charge in [-0.25, -0.2) is 9.97 Å². The van der Waals surface area contributed by atoms with Crippen LogP contribution in [0, 0.1) is 0 Å². The van der Waals surface area contributed by atoms with Crippen LogP contribution in [0.4, 0.5) is 5.82 Å². The first-order valence-corrected chi connectivity index (χ1v) is 11.2. The molecule has 1 amide bonds. The third-order valence-corrected chi connectivity index (χ3v) is 5.80. The van der Waals surface area contributed by atoms with E-state index < -0.39 is 0 Å². The molecule has 0 radical (unpaired) electrons. The Balaban J connectivity index is 1.62. The number of amides is 1. The first kappa shape index (κ1) is 22.0. The maximum atomic E-state index is 13.3. The Kier molecular flexibility index (Phi) is 6.00. The van der Waals surface area contributed by atoms with E-state index in [-0.39, 0.29) is 17.4 Å². The minimum Gasteiger partial charge on any atom is -0.373 e. The lowest BCUT2D eigenvalue weighted by atomic mass is 9.92. The summed E-state index contributed by atoms with van der Waals surface area (Å²) in [6, 6.07) is 13.7. The zero-order valence-corrected chi connectivity index (χ0v) is 19.5. The van der Waals surface area contributed by atoms with Crippen LogP contribution < -0.4 is 10.6 Å². The zero-order chi connectivity index (χ0) is 22.9. The number of nitrogens with one attached hydrogen (secondary N) is 2. The van der Waals surface area contributed by atoms with Gasteiger partial charge in [-0.3, -0.25) is 9.48 Å². The number of aryl methyl sites for hydroxylation is 1. The first-order chi connectivity index (χ1) is 15.2. The highest BCUT2D eigenvalue weighted by Crippen LogP contribution is 2.38. The van der Waals surface area contributed by atoms with Crippen molar-refractivity contribution in [2.24, 2.45) is 7.05 Å². The molecule has 0 bridgehead atoms. The maximum Gasteiger partial charge on any atom is 0.270 e. The van der Waals surface area contributed by atoms with Gasteiger partial charge in [0.2, 0.25) is 0 Å². The first-order valence-electron chi connectivity index (χ1n) is 11.2. The summed E-state index contributed by atoms with van der Waals surface area (Å²) in [5.74, 6) is 2.02. The topological polar surface area (TPSA) is 84.7 Å². The Morgan fingerprint density at radius 1 is 1.16 bits per heavy atom. The molecule has 7 heteroatoms. The lowest BCUT2D eigenvalue weighted by Crippen LogP contribution is -2.31. The molecule has 1 aliphatic carbocycles. The second-order valence-corrected chi connectivity index (χ2v) is 9.56. The number of benzene rings is 1. The minimum atomic E-state index is -0.219. The predicted molar refractivity (Wildman–Crippen MR) is 126 cm³/mol. The van der Waals surface area contributed by atoms with E-state index in [4.69, 9.17) is 4.98 Å². The predicted octanol–water partition coefficient (Wildman–Crippen LogP) is 4.14. The van der Waals surface area contributed by atoms with Crippen LogP contribution in [0.25, 0.3) is 0 Å². The molecule has 2 aromatic heterocycles. The number of rotatable bonds is 7. The van der Waals surface area contributed by atoms with Gasteiger partial charge < -0.3 is 10.6 Å². The molecule has 1 aliphatic rings. The summed E-state index contributed by atoms with van der Waals surface area (Å²) in [6.07, 6.45) is 2.86. The van der Waals surface area contributed by atoms with Gasteiger partial charge in [-0.2, -0.15) is 5.10 Å². The molecule has 3 aromatic rings. The molecule has 32 heavy (non-hydrogen) atoms. The largest absolute Gasteiger partial charge is 0.373 e. The number of anilines is 1. The highest BCUT2D eigenvalue weighted by molar-refractivity contribution is 5.93. The maximum absolute atomic E-state index is 13.3. The summed E-state index contributed by atoms with van der Waals surface area (Å²) in [5, 5.41) is 10.9. The summed E-state index contributed by atoms with van der Waals surface area (Å²) in [4.78, 5) is 22.7. The Labute approximate surface area is 189 Å². The fraction of sp³-hybridized carbons (Fsp3) is 0.440. The lowest BCUT2D eigenvalue weighted by Gasteiger charge is -2.20. The highest BCUT2D eigenvalue weighted by atomic mass is 16.2. The molecule has 1 aromatic carbocycles. The van der Waals surface area contributed by atoms with Crippen molar-refractivity contribution in [3.8, 4) is 0 Å². The number of hydrogen-bond acceptors (Lipinski definition) is 5. The summed E-state index contributed by atoms with van der Waals surface area (Å²) < 4.78 is 1.66. The molecule has 2 heterocycles. The molecule has 1 atom stereocenters. The third kappa shape index (κ3) is 4.98. The van der Waals surface area contributed by atoms with Crippen molar-refractivity contribution < 1.29 is 4.79 Å². The van der Waals surface area contributed by atoms with Gasteiger partial charge in [0.1, 0.15) is 17.3 Å². The van der Waals surface area contributed by atoms with Crippen LogP contribution >= 0.6 is 0 Å². The lowest BCUT2D eigenvalue weighted by molar-refractivity contribution is 0.0927. The van der Waals surface area contributed by atoms with Gasteiger partial charge >= 0.3 is 0 Å². The number of carbonyl (C=O) groups excluding carboxylic acids is 1. The molecule has 0 unspecified atom stereocenters. The average Bonchev–Trinajstić information content (AvgIpc) is 3.54. The SMILES string of the molecule is CNc1cc(C[C@H](NC(=O)c2cc(C(C)(C)C)nn2C)c2ccccc2)nc(C2CC2)n1. The smallest absolute Gasteiger partial charge is 0.270 e. The Hall–Kier alpha value is -3.22. The van der Waals surface area contributed by atoms with E-state index >= 15 is 0 Å². The van der Waals surface area contributed by atoms with E-state index in [0.29, 0.717) is 18.0 Å². The number of aromatic nitrogens is 4. The van der Waals surface area contributed by atoms with E-state index in [1.807, 2.05) is 56.6 Å². The van der Waals surface area contributed by atoms with Crippen molar-refractivity contribution >= 4 is 11.7 Å². The van der Waals surface area contributed by atoms with Gasteiger partial charge in [0.25, 0.3) is 5.91 Å². The van der Waals surface area contributed by atoms with Crippen LogP contribution in [-0.4, -0.2) is 32.7 Å². The molecule has 7 nitrogen and oxygen atoms in total. The van der Waals surface area contributed by atoms with Crippen LogP contribution in [0.3, 0.4) is 0 Å². The van der Waals surface area contributed by atoms with Crippen LogP contribution in [0.1, 0.15) is 78.8 Å². The zero-order valence-electron chi connectivity index (χ0n) is 19.5. The Morgan fingerprint density at radius 2 is 1.88 bits per heavy atom. The van der Waals surface area contributed by atoms with Crippen LogP contribution in [0.5, 0.6) is 0 Å². The van der Waals surface area contributed by atoms with Gasteiger partial charge in [-0.05, 0) is 24.5 Å². The van der Waals surface area contributed by atoms with Crippen LogP contribution in [-0.2, 0) is 18.9 Å². The van der Waals surface area contributed by atoms with E-state index in [1.54, 1.807) is 4.68 Å². The van der Waals surface area contributed by atoms with Gasteiger partial charge in [0, 0.05) is 43.6 Å². The van der Waals surface area contributed by atoms with Crippen molar-refractivity contribution in [2.75, 3.05) is 12.4 Å². The van der Waals surface area contributed by atoms with E-state index in [1.165, 1.54) is 0 Å². The summed E-state index contributed by atoms with van der Waals surface area (Å²) in [6.45, 7) is 6.28. The second kappa shape index (κ2) is 8.73. The molecule has 0 aliphatic heterocycles.